The number of rotatable bonds is 8. The maximum absolute atomic E-state index is 9.50. The number of nitriles is 1. The van der Waals surface area contributed by atoms with Crippen LogP contribution in [0, 0.1) is 11.3 Å². The van der Waals surface area contributed by atoms with Crippen LogP contribution in [0.15, 0.2) is 52.9 Å². The average Bonchev–Trinajstić information content (AvgIpc) is 3.23. The second kappa shape index (κ2) is 10.7. The lowest BCUT2D eigenvalue weighted by Crippen LogP contribution is -2.41. The normalized spacial score (nSPS) is 15.2. The van der Waals surface area contributed by atoms with E-state index in [1.165, 1.54) is 0 Å². The van der Waals surface area contributed by atoms with Crippen molar-refractivity contribution in [1.82, 2.24) is 9.88 Å². The van der Waals surface area contributed by atoms with Crippen LogP contribution in [0.2, 0.25) is 10.0 Å². The number of nitrogens with zero attached hydrogens (tertiary/aromatic N) is 3. The van der Waals surface area contributed by atoms with Gasteiger partial charge in [0.25, 0.3) is 0 Å². The third kappa shape index (κ3) is 5.72. The Kier molecular flexibility index (Phi) is 7.51. The zero-order valence-electron chi connectivity index (χ0n) is 17.3. The highest BCUT2D eigenvalue weighted by atomic mass is 35.5. The van der Waals surface area contributed by atoms with Crippen LogP contribution in [0.4, 0.5) is 5.88 Å². The molecule has 32 heavy (non-hydrogen) atoms. The van der Waals surface area contributed by atoms with Crippen LogP contribution in [-0.4, -0.2) is 42.7 Å². The zero-order chi connectivity index (χ0) is 22.3. The maximum Gasteiger partial charge on any atom is 0.236 e. The van der Waals surface area contributed by atoms with Crippen molar-refractivity contribution in [2.45, 2.75) is 12.6 Å². The third-order valence-electron chi connectivity index (χ3n) is 5.15. The Balaban J connectivity index is 1.45. The van der Waals surface area contributed by atoms with Crippen molar-refractivity contribution in [3.63, 3.8) is 0 Å². The van der Waals surface area contributed by atoms with E-state index in [-0.39, 0.29) is 18.3 Å². The molecule has 0 aliphatic carbocycles. The number of morpholine rings is 1. The molecule has 166 valence electrons. The molecule has 1 atom stereocenters. The molecule has 0 bridgehead atoms. The molecule has 9 heteroatoms. The maximum atomic E-state index is 9.50. The quantitative estimate of drug-likeness (QED) is 0.497. The second-order valence-corrected chi connectivity index (χ2v) is 8.11. The van der Waals surface area contributed by atoms with Crippen molar-refractivity contribution in [1.29, 1.82) is 5.26 Å². The predicted molar refractivity (Wildman–Crippen MR) is 122 cm³/mol. The highest BCUT2D eigenvalue weighted by Crippen LogP contribution is 2.26. The molecule has 0 saturated carbocycles. The van der Waals surface area contributed by atoms with Gasteiger partial charge in [-0.05, 0) is 42.0 Å². The topological polar surface area (TPSA) is 83.5 Å². The largest absolute Gasteiger partial charge is 0.484 e. The minimum absolute atomic E-state index is 0.0570. The van der Waals surface area contributed by atoms with Crippen LogP contribution in [0.5, 0.6) is 5.75 Å². The van der Waals surface area contributed by atoms with Gasteiger partial charge in [-0.15, -0.1) is 0 Å². The molecular weight excluding hydrogens is 451 g/mol. The van der Waals surface area contributed by atoms with Crippen molar-refractivity contribution in [2.75, 3.05) is 38.2 Å². The smallest absolute Gasteiger partial charge is 0.236 e. The van der Waals surface area contributed by atoms with Gasteiger partial charge in [0.1, 0.15) is 11.8 Å². The molecule has 1 aromatic heterocycles. The van der Waals surface area contributed by atoms with Gasteiger partial charge in [-0.25, -0.2) is 0 Å². The van der Waals surface area contributed by atoms with E-state index in [2.05, 4.69) is 21.3 Å². The molecule has 7 nitrogen and oxygen atoms in total. The summed E-state index contributed by atoms with van der Waals surface area (Å²) in [5, 5.41) is 14.1. The van der Waals surface area contributed by atoms with Crippen LogP contribution in [0.3, 0.4) is 0 Å². The van der Waals surface area contributed by atoms with E-state index < -0.39 is 0 Å². The summed E-state index contributed by atoms with van der Waals surface area (Å²) in [5.41, 5.74) is 1.31. The van der Waals surface area contributed by atoms with Gasteiger partial charge < -0.3 is 19.2 Å². The summed E-state index contributed by atoms with van der Waals surface area (Å²) in [4.78, 5) is 6.58. The SMILES string of the molecule is N#Cc1nc(COc2ccc(Cl)cc2)oc1NCC(c1ccc(Cl)cc1)N1CCOCC1. The lowest BCUT2D eigenvalue weighted by atomic mass is 10.0. The number of benzene rings is 2. The molecular formula is C23H22Cl2N4O3. The predicted octanol–water partition coefficient (Wildman–Crippen LogP) is 4.92. The van der Waals surface area contributed by atoms with Crippen molar-refractivity contribution in [2.24, 2.45) is 0 Å². The van der Waals surface area contributed by atoms with Gasteiger partial charge in [0.05, 0.1) is 19.3 Å². The highest BCUT2D eigenvalue weighted by molar-refractivity contribution is 6.30. The van der Waals surface area contributed by atoms with E-state index in [0.29, 0.717) is 47.3 Å². The van der Waals surface area contributed by atoms with Crippen LogP contribution in [0.1, 0.15) is 23.2 Å². The van der Waals surface area contributed by atoms with E-state index >= 15 is 0 Å². The van der Waals surface area contributed by atoms with Crippen molar-refractivity contribution in [3.05, 3.63) is 75.7 Å². The zero-order valence-corrected chi connectivity index (χ0v) is 18.8. The molecule has 1 saturated heterocycles. The van der Waals surface area contributed by atoms with E-state index in [4.69, 9.17) is 37.1 Å². The fraction of sp³-hybridized carbons (Fsp3) is 0.304. The summed E-state index contributed by atoms with van der Waals surface area (Å²) in [6, 6.07) is 16.9. The molecule has 0 amide bonds. The first-order chi connectivity index (χ1) is 15.6. The van der Waals surface area contributed by atoms with Crippen molar-refractivity contribution < 1.29 is 13.9 Å². The summed E-state index contributed by atoms with van der Waals surface area (Å²) in [6.07, 6.45) is 0. The van der Waals surface area contributed by atoms with Crippen molar-refractivity contribution in [3.8, 4) is 11.8 Å². The van der Waals surface area contributed by atoms with E-state index in [9.17, 15) is 5.26 Å². The third-order valence-corrected chi connectivity index (χ3v) is 5.65. The number of hydrogen-bond acceptors (Lipinski definition) is 7. The number of anilines is 1. The first kappa shape index (κ1) is 22.4. The Morgan fingerprint density at radius 2 is 1.72 bits per heavy atom. The summed E-state index contributed by atoms with van der Waals surface area (Å²) in [5.74, 6) is 1.28. The Bertz CT molecular complexity index is 1060. The molecule has 1 unspecified atom stereocenters. The van der Waals surface area contributed by atoms with Gasteiger partial charge in [-0.1, -0.05) is 35.3 Å². The molecule has 2 aromatic carbocycles. The molecule has 1 N–H and O–H groups in total. The van der Waals surface area contributed by atoms with Gasteiger partial charge in [-0.2, -0.15) is 10.2 Å². The van der Waals surface area contributed by atoms with E-state index in [1.54, 1.807) is 24.3 Å². The first-order valence-electron chi connectivity index (χ1n) is 10.2. The van der Waals surface area contributed by atoms with Gasteiger partial charge in [-0.3, -0.25) is 4.90 Å². The minimum Gasteiger partial charge on any atom is -0.484 e. The first-order valence-corrected chi connectivity index (χ1v) is 11.0. The van der Waals surface area contributed by atoms with Gasteiger partial charge in [0.2, 0.25) is 17.5 Å². The molecule has 4 rings (SSSR count). The lowest BCUT2D eigenvalue weighted by Gasteiger charge is -2.34. The fourth-order valence-electron chi connectivity index (χ4n) is 3.52. The van der Waals surface area contributed by atoms with Crippen LogP contribution >= 0.6 is 23.2 Å². The number of hydrogen-bond donors (Lipinski definition) is 1. The summed E-state index contributed by atoms with van der Waals surface area (Å²) in [7, 11) is 0. The Morgan fingerprint density at radius 3 is 2.38 bits per heavy atom. The molecule has 0 spiro atoms. The summed E-state index contributed by atoms with van der Waals surface area (Å²) in [6.45, 7) is 3.63. The van der Waals surface area contributed by atoms with E-state index in [1.807, 2.05) is 24.3 Å². The van der Waals surface area contributed by atoms with Gasteiger partial charge in [0, 0.05) is 29.7 Å². The highest BCUT2D eigenvalue weighted by Gasteiger charge is 2.24. The monoisotopic (exact) mass is 472 g/mol. The summed E-state index contributed by atoms with van der Waals surface area (Å²) < 4.78 is 17.0. The van der Waals surface area contributed by atoms with Crippen LogP contribution in [-0.2, 0) is 11.3 Å². The lowest BCUT2D eigenvalue weighted by molar-refractivity contribution is 0.0186. The van der Waals surface area contributed by atoms with Crippen LogP contribution < -0.4 is 10.1 Å². The fourth-order valence-corrected chi connectivity index (χ4v) is 3.77. The van der Waals surface area contributed by atoms with E-state index in [0.717, 1.165) is 18.7 Å². The van der Waals surface area contributed by atoms with Crippen LogP contribution in [0.25, 0.3) is 0 Å². The number of nitrogens with one attached hydrogen (secondary N) is 1. The minimum atomic E-state index is 0.0570. The molecule has 0 radical (unpaired) electrons. The van der Waals surface area contributed by atoms with Gasteiger partial charge in [0.15, 0.2) is 6.61 Å². The second-order valence-electron chi connectivity index (χ2n) is 7.24. The van der Waals surface area contributed by atoms with Gasteiger partial charge >= 0.3 is 0 Å². The number of halogens is 2. The average molecular weight is 473 g/mol. The molecule has 1 fully saturated rings. The molecule has 2 heterocycles. The Morgan fingerprint density at radius 1 is 1.06 bits per heavy atom. The number of aromatic nitrogens is 1. The Labute approximate surface area is 196 Å². The molecule has 1 aliphatic rings. The molecule has 1 aliphatic heterocycles. The summed E-state index contributed by atoms with van der Waals surface area (Å²) >= 11 is 12.0. The number of oxazole rings is 1. The van der Waals surface area contributed by atoms with Crippen molar-refractivity contribution >= 4 is 29.1 Å². The standard InChI is InChI=1S/C23H22Cl2N4O3/c24-17-3-1-16(2-4-17)21(29-9-11-30-12-10-29)14-27-23-20(13-26)28-22(32-23)15-31-19-7-5-18(25)6-8-19/h1-8,21,27H,9-12,14-15H2. The Hall–Kier alpha value is -2.76. The number of ether oxygens (including phenoxy) is 2. The molecule has 3 aromatic rings.